The van der Waals surface area contributed by atoms with Gasteiger partial charge in [0.15, 0.2) is 5.69 Å². The van der Waals surface area contributed by atoms with Crippen molar-refractivity contribution in [3.05, 3.63) is 83.8 Å². The molecule has 0 unspecified atom stereocenters. The number of benzene rings is 1. The van der Waals surface area contributed by atoms with Crippen molar-refractivity contribution in [1.29, 1.82) is 0 Å². The number of halogens is 4. The number of para-hydroxylation sites is 1. The molecule has 0 saturated carbocycles. The van der Waals surface area contributed by atoms with E-state index in [9.17, 15) is 17.6 Å². The SMILES string of the molecule is C=C(N=C1CN(CCCC)CCC[C@H]1c1ccnc(F)c1)Nc1c(C)c(C(F)(F)F)nn1-c1ccccc1. The highest BCUT2D eigenvalue weighted by atomic mass is 19.4. The minimum absolute atomic E-state index is 0.0547. The Hall–Kier alpha value is -3.53. The minimum Gasteiger partial charge on any atom is -0.325 e. The Labute approximate surface area is 220 Å². The van der Waals surface area contributed by atoms with Gasteiger partial charge in [0, 0.05) is 29.9 Å². The zero-order chi connectivity index (χ0) is 27.3. The highest BCUT2D eigenvalue weighted by molar-refractivity contribution is 5.94. The van der Waals surface area contributed by atoms with Crippen LogP contribution in [0.2, 0.25) is 0 Å². The van der Waals surface area contributed by atoms with Crippen LogP contribution < -0.4 is 5.32 Å². The van der Waals surface area contributed by atoms with E-state index in [2.05, 4.69) is 33.8 Å². The molecule has 0 radical (unpaired) electrons. The second-order valence-electron chi connectivity index (χ2n) is 9.48. The summed E-state index contributed by atoms with van der Waals surface area (Å²) in [6.45, 7) is 9.88. The van der Waals surface area contributed by atoms with Crippen LogP contribution in [-0.2, 0) is 6.18 Å². The molecule has 1 aliphatic rings. The molecule has 1 atom stereocenters. The molecular formula is C28H32F4N6. The summed E-state index contributed by atoms with van der Waals surface area (Å²) in [7, 11) is 0. The third-order valence-electron chi connectivity index (χ3n) is 6.67. The summed E-state index contributed by atoms with van der Waals surface area (Å²) >= 11 is 0. The monoisotopic (exact) mass is 528 g/mol. The summed E-state index contributed by atoms with van der Waals surface area (Å²) in [6, 6.07) is 11.8. The average molecular weight is 529 g/mol. The third kappa shape index (κ3) is 6.48. The molecule has 1 saturated heterocycles. The van der Waals surface area contributed by atoms with Crippen LogP contribution in [0.4, 0.5) is 23.4 Å². The number of nitrogens with one attached hydrogen (secondary N) is 1. The Morgan fingerprint density at radius 1 is 1.21 bits per heavy atom. The van der Waals surface area contributed by atoms with Crippen LogP contribution in [0.1, 0.15) is 55.3 Å². The van der Waals surface area contributed by atoms with Crippen molar-refractivity contribution in [2.24, 2.45) is 4.99 Å². The molecule has 1 N–H and O–H groups in total. The Morgan fingerprint density at radius 3 is 2.66 bits per heavy atom. The summed E-state index contributed by atoms with van der Waals surface area (Å²) < 4.78 is 56.4. The van der Waals surface area contributed by atoms with E-state index < -0.39 is 17.8 Å². The second kappa shape index (κ2) is 11.9. The molecule has 1 fully saturated rings. The molecule has 0 bridgehead atoms. The second-order valence-corrected chi connectivity index (χ2v) is 9.48. The number of hydrogen-bond donors (Lipinski definition) is 1. The topological polar surface area (TPSA) is 58.3 Å². The largest absolute Gasteiger partial charge is 0.435 e. The summed E-state index contributed by atoms with van der Waals surface area (Å²) in [5, 5.41) is 6.86. The first-order valence-electron chi connectivity index (χ1n) is 12.8. The number of aliphatic imine (C=N–C) groups is 1. The smallest absolute Gasteiger partial charge is 0.325 e. The van der Waals surface area contributed by atoms with Crippen LogP contribution in [0, 0.1) is 12.9 Å². The first-order chi connectivity index (χ1) is 18.2. The average Bonchev–Trinajstić information content (AvgIpc) is 3.07. The van der Waals surface area contributed by atoms with Crippen LogP contribution in [-0.4, -0.2) is 45.0 Å². The minimum atomic E-state index is -4.62. The lowest BCUT2D eigenvalue weighted by Crippen LogP contribution is -2.31. The zero-order valence-electron chi connectivity index (χ0n) is 21.6. The van der Waals surface area contributed by atoms with E-state index in [0.29, 0.717) is 12.2 Å². The van der Waals surface area contributed by atoms with Gasteiger partial charge in [-0.3, -0.25) is 4.90 Å². The van der Waals surface area contributed by atoms with Gasteiger partial charge in [0.25, 0.3) is 0 Å². The molecule has 3 aromatic rings. The summed E-state index contributed by atoms with van der Waals surface area (Å²) in [5.41, 5.74) is 0.988. The maximum Gasteiger partial charge on any atom is 0.435 e. The van der Waals surface area contributed by atoms with Crippen molar-refractivity contribution in [3.8, 4) is 5.69 Å². The van der Waals surface area contributed by atoms with Crippen molar-refractivity contribution in [2.75, 3.05) is 25.0 Å². The lowest BCUT2D eigenvalue weighted by atomic mass is 9.91. The van der Waals surface area contributed by atoms with Gasteiger partial charge in [-0.2, -0.15) is 22.7 Å². The number of alkyl halides is 3. The van der Waals surface area contributed by atoms with E-state index in [1.54, 1.807) is 36.4 Å². The van der Waals surface area contributed by atoms with Crippen molar-refractivity contribution >= 4 is 11.5 Å². The molecule has 1 aliphatic heterocycles. The Balaban J connectivity index is 1.71. The molecule has 4 rings (SSSR count). The van der Waals surface area contributed by atoms with Crippen molar-refractivity contribution in [2.45, 2.75) is 51.6 Å². The van der Waals surface area contributed by atoms with Crippen LogP contribution in [0.3, 0.4) is 0 Å². The Kier molecular flexibility index (Phi) is 8.61. The van der Waals surface area contributed by atoms with Crippen LogP contribution in [0.25, 0.3) is 5.69 Å². The fourth-order valence-electron chi connectivity index (χ4n) is 4.79. The van der Waals surface area contributed by atoms with Gasteiger partial charge in [0.05, 0.1) is 5.69 Å². The van der Waals surface area contributed by atoms with Crippen LogP contribution in [0.15, 0.2) is 66.1 Å². The first kappa shape index (κ1) is 27.5. The number of nitrogens with zero attached hydrogens (tertiary/aromatic N) is 5. The van der Waals surface area contributed by atoms with Gasteiger partial charge in [-0.05, 0) is 69.1 Å². The van der Waals surface area contributed by atoms with Gasteiger partial charge in [-0.25, -0.2) is 14.7 Å². The molecule has 2 aromatic heterocycles. The molecule has 38 heavy (non-hydrogen) atoms. The fourth-order valence-corrected chi connectivity index (χ4v) is 4.79. The number of unbranched alkanes of at least 4 members (excludes halogenated alkanes) is 1. The highest BCUT2D eigenvalue weighted by Crippen LogP contribution is 2.36. The molecular weight excluding hydrogens is 496 g/mol. The van der Waals surface area contributed by atoms with E-state index in [1.807, 2.05) is 0 Å². The standard InChI is InChI=1S/C28H32F4N6/c1-4-5-15-37-16-9-12-23(21-13-14-33-25(29)17-21)24(18-37)34-20(3)35-27-19(2)26(28(30,31)32)36-38(27)22-10-7-6-8-11-22/h6-8,10-11,13-14,17,23,35H,3-5,9,12,15-16,18H2,1-2H3/t23-/m0/s1. The van der Waals surface area contributed by atoms with Gasteiger partial charge >= 0.3 is 6.18 Å². The first-order valence-corrected chi connectivity index (χ1v) is 12.8. The normalized spacial score (nSPS) is 17.9. The molecule has 202 valence electrons. The number of hydrogen-bond acceptors (Lipinski definition) is 5. The van der Waals surface area contributed by atoms with Gasteiger partial charge < -0.3 is 5.32 Å². The third-order valence-corrected chi connectivity index (χ3v) is 6.67. The van der Waals surface area contributed by atoms with E-state index in [-0.39, 0.29) is 23.1 Å². The van der Waals surface area contributed by atoms with Gasteiger partial charge in [-0.15, -0.1) is 0 Å². The molecule has 0 aliphatic carbocycles. The molecule has 6 nitrogen and oxygen atoms in total. The van der Waals surface area contributed by atoms with Gasteiger partial charge in [-0.1, -0.05) is 38.1 Å². The number of pyridine rings is 1. The van der Waals surface area contributed by atoms with E-state index in [4.69, 9.17) is 4.99 Å². The predicted octanol–water partition coefficient (Wildman–Crippen LogP) is 6.74. The summed E-state index contributed by atoms with van der Waals surface area (Å²) in [5.74, 6) is -0.400. The number of likely N-dealkylation sites (tertiary alicyclic amines) is 1. The zero-order valence-corrected chi connectivity index (χ0v) is 21.6. The predicted molar refractivity (Wildman–Crippen MR) is 141 cm³/mol. The molecule has 10 heteroatoms. The van der Waals surface area contributed by atoms with E-state index in [1.165, 1.54) is 23.9 Å². The maximum absolute atomic E-state index is 14.0. The molecule has 0 amide bonds. The van der Waals surface area contributed by atoms with Gasteiger partial charge in [0.1, 0.15) is 11.6 Å². The Bertz CT molecular complexity index is 1280. The number of rotatable bonds is 8. The molecule has 3 heterocycles. The van der Waals surface area contributed by atoms with E-state index in [0.717, 1.165) is 50.0 Å². The van der Waals surface area contributed by atoms with Crippen LogP contribution >= 0.6 is 0 Å². The van der Waals surface area contributed by atoms with Crippen LogP contribution in [0.5, 0.6) is 0 Å². The van der Waals surface area contributed by atoms with Crippen molar-refractivity contribution in [1.82, 2.24) is 19.7 Å². The lowest BCUT2D eigenvalue weighted by molar-refractivity contribution is -0.141. The molecule has 0 spiro atoms. The fraction of sp³-hybridized carbons (Fsp3) is 0.393. The summed E-state index contributed by atoms with van der Waals surface area (Å²) in [6.07, 6.45) is 0.585. The molecule has 1 aromatic carbocycles. The van der Waals surface area contributed by atoms with Crippen molar-refractivity contribution in [3.63, 3.8) is 0 Å². The number of anilines is 1. The van der Waals surface area contributed by atoms with E-state index >= 15 is 0 Å². The quantitative estimate of drug-likeness (QED) is 0.260. The Morgan fingerprint density at radius 2 is 1.97 bits per heavy atom. The lowest BCUT2D eigenvalue weighted by Gasteiger charge is -2.22. The highest BCUT2D eigenvalue weighted by Gasteiger charge is 2.38. The van der Waals surface area contributed by atoms with Gasteiger partial charge in [0.2, 0.25) is 5.95 Å². The maximum atomic E-state index is 14.0. The summed E-state index contributed by atoms with van der Waals surface area (Å²) in [4.78, 5) is 10.8. The number of aromatic nitrogens is 3. The van der Waals surface area contributed by atoms with Crippen molar-refractivity contribution < 1.29 is 17.6 Å².